The maximum absolute atomic E-state index is 10.4. The van der Waals surface area contributed by atoms with Crippen LogP contribution in [0, 0.1) is 6.92 Å². The number of para-hydroxylation sites is 2. The number of hydrogen-bond acceptors (Lipinski definition) is 5. The fraction of sp³-hybridized carbons (Fsp3) is 0.111. The molecule has 2 aromatic heterocycles. The highest BCUT2D eigenvalue weighted by Crippen LogP contribution is 2.36. The van der Waals surface area contributed by atoms with Crippen LogP contribution in [0.15, 0.2) is 94.6 Å². The molecule has 33 heavy (non-hydrogen) atoms. The summed E-state index contributed by atoms with van der Waals surface area (Å²) in [5, 5.41) is 20.9. The summed E-state index contributed by atoms with van der Waals surface area (Å²) < 4.78 is 8.05. The van der Waals surface area contributed by atoms with Gasteiger partial charge < -0.3 is 14.9 Å². The average Bonchev–Trinajstić information content (AvgIpc) is 3.58. The van der Waals surface area contributed by atoms with E-state index in [0.717, 1.165) is 50.5 Å². The number of aromatic nitrogens is 2. The standard InChI is InChI=1S/C27H22N4O2/c1-17-11-12-24(32)20(13-17)22-15-23(29-28-22)21-16-31(19-8-3-2-4-9-19)30-27(21)26-14-18-7-5-6-10-25(18)33-26/h2-14,16,23,29,32H,15H2,1H3. The lowest BCUT2D eigenvalue weighted by molar-refractivity contribution is 0.474. The first kappa shape index (κ1) is 19.4. The molecule has 0 aliphatic carbocycles. The van der Waals surface area contributed by atoms with Gasteiger partial charge in [0.1, 0.15) is 17.0 Å². The summed E-state index contributed by atoms with van der Waals surface area (Å²) in [4.78, 5) is 0. The number of aromatic hydroxyl groups is 1. The summed E-state index contributed by atoms with van der Waals surface area (Å²) in [5.41, 5.74) is 9.48. The zero-order chi connectivity index (χ0) is 22.4. The van der Waals surface area contributed by atoms with Crippen LogP contribution in [-0.2, 0) is 0 Å². The summed E-state index contributed by atoms with van der Waals surface area (Å²) in [6, 6.07) is 25.5. The van der Waals surface area contributed by atoms with Gasteiger partial charge >= 0.3 is 0 Å². The molecule has 0 radical (unpaired) electrons. The third-order valence-electron chi connectivity index (χ3n) is 6.01. The second-order valence-electron chi connectivity index (χ2n) is 8.33. The van der Waals surface area contributed by atoms with E-state index in [9.17, 15) is 5.11 Å². The SMILES string of the molecule is Cc1ccc(O)c(C2=NNC(c3cn(-c4ccccc4)nc3-c3cc4ccccc4o3)C2)c1. The third-order valence-corrected chi connectivity index (χ3v) is 6.01. The minimum absolute atomic E-state index is 0.0967. The quantitative estimate of drug-likeness (QED) is 0.378. The van der Waals surface area contributed by atoms with Crippen molar-refractivity contribution < 1.29 is 9.52 Å². The Bertz CT molecular complexity index is 1460. The van der Waals surface area contributed by atoms with Gasteiger partial charge in [0.25, 0.3) is 0 Å². The number of benzene rings is 3. The molecule has 6 nitrogen and oxygen atoms in total. The van der Waals surface area contributed by atoms with Crippen LogP contribution in [0.4, 0.5) is 0 Å². The van der Waals surface area contributed by atoms with Crippen LogP contribution in [0.5, 0.6) is 5.75 Å². The minimum atomic E-state index is -0.0967. The van der Waals surface area contributed by atoms with Crippen molar-refractivity contribution in [3.8, 4) is 22.9 Å². The first-order chi connectivity index (χ1) is 16.2. The zero-order valence-electron chi connectivity index (χ0n) is 18.1. The van der Waals surface area contributed by atoms with Crippen molar-refractivity contribution in [2.75, 3.05) is 0 Å². The molecule has 6 rings (SSSR count). The van der Waals surface area contributed by atoms with Crippen molar-refractivity contribution in [3.63, 3.8) is 0 Å². The van der Waals surface area contributed by atoms with Gasteiger partial charge in [-0.05, 0) is 43.3 Å². The number of phenolic OH excluding ortho intramolecular Hbond substituents is 1. The van der Waals surface area contributed by atoms with Gasteiger partial charge in [-0.1, -0.05) is 48.0 Å². The van der Waals surface area contributed by atoms with Gasteiger partial charge in [0, 0.05) is 29.1 Å². The van der Waals surface area contributed by atoms with Gasteiger partial charge in [-0.15, -0.1) is 0 Å². The molecule has 0 fully saturated rings. The first-order valence-corrected chi connectivity index (χ1v) is 10.9. The fourth-order valence-electron chi connectivity index (χ4n) is 4.32. The van der Waals surface area contributed by atoms with Crippen LogP contribution in [-0.4, -0.2) is 20.6 Å². The lowest BCUT2D eigenvalue weighted by Crippen LogP contribution is -2.10. The Morgan fingerprint density at radius 3 is 2.67 bits per heavy atom. The average molecular weight is 434 g/mol. The van der Waals surface area contributed by atoms with Crippen molar-refractivity contribution in [2.24, 2.45) is 5.10 Å². The lowest BCUT2D eigenvalue weighted by atomic mass is 9.97. The van der Waals surface area contributed by atoms with Crippen LogP contribution in [0.1, 0.15) is 29.2 Å². The smallest absolute Gasteiger partial charge is 0.156 e. The number of hydrazone groups is 1. The molecule has 1 aliphatic heterocycles. The van der Waals surface area contributed by atoms with Crippen molar-refractivity contribution in [1.29, 1.82) is 0 Å². The molecular weight excluding hydrogens is 412 g/mol. The van der Waals surface area contributed by atoms with E-state index in [2.05, 4.69) is 10.5 Å². The van der Waals surface area contributed by atoms with Crippen LogP contribution < -0.4 is 5.43 Å². The Kier molecular flexibility index (Phi) is 4.50. The maximum atomic E-state index is 10.4. The Hall–Kier alpha value is -4.32. The van der Waals surface area contributed by atoms with Crippen molar-refractivity contribution in [1.82, 2.24) is 15.2 Å². The molecule has 162 valence electrons. The van der Waals surface area contributed by atoms with Crippen molar-refractivity contribution in [3.05, 3.63) is 102 Å². The van der Waals surface area contributed by atoms with Gasteiger partial charge in [0.2, 0.25) is 0 Å². The van der Waals surface area contributed by atoms with E-state index in [4.69, 9.17) is 9.52 Å². The van der Waals surface area contributed by atoms with Gasteiger partial charge in [0.15, 0.2) is 5.76 Å². The van der Waals surface area contributed by atoms with E-state index in [1.54, 1.807) is 6.07 Å². The van der Waals surface area contributed by atoms with Crippen LogP contribution >= 0.6 is 0 Å². The fourth-order valence-corrected chi connectivity index (χ4v) is 4.32. The van der Waals surface area contributed by atoms with Crippen LogP contribution in [0.25, 0.3) is 28.1 Å². The number of furan rings is 1. The summed E-state index contributed by atoms with van der Waals surface area (Å²) in [6.45, 7) is 2.01. The first-order valence-electron chi connectivity index (χ1n) is 10.9. The van der Waals surface area contributed by atoms with Gasteiger partial charge in [-0.25, -0.2) is 4.68 Å². The van der Waals surface area contributed by atoms with Crippen LogP contribution in [0.3, 0.4) is 0 Å². The Morgan fingerprint density at radius 2 is 1.82 bits per heavy atom. The topological polar surface area (TPSA) is 75.6 Å². The molecule has 1 atom stereocenters. The highest BCUT2D eigenvalue weighted by molar-refractivity contribution is 6.04. The number of nitrogens with zero attached hydrogens (tertiary/aromatic N) is 3. The molecule has 3 heterocycles. The van der Waals surface area contributed by atoms with Crippen molar-refractivity contribution in [2.45, 2.75) is 19.4 Å². The minimum Gasteiger partial charge on any atom is -0.507 e. The molecule has 1 unspecified atom stereocenters. The molecule has 0 saturated carbocycles. The number of aryl methyl sites for hydroxylation is 1. The van der Waals surface area contributed by atoms with E-state index in [1.165, 1.54) is 0 Å². The predicted octanol–water partition coefficient (Wildman–Crippen LogP) is 5.74. The Balaban J connectivity index is 1.42. The molecule has 1 aliphatic rings. The van der Waals surface area contributed by atoms with Gasteiger partial charge in [-0.3, -0.25) is 0 Å². The second kappa shape index (κ2) is 7.67. The maximum Gasteiger partial charge on any atom is 0.156 e. The number of rotatable bonds is 4. The molecule has 5 aromatic rings. The normalized spacial score (nSPS) is 15.5. The Labute approximate surface area is 190 Å². The number of nitrogens with one attached hydrogen (secondary N) is 1. The number of fused-ring (bicyclic) bond motifs is 1. The lowest BCUT2D eigenvalue weighted by Gasteiger charge is -2.09. The molecule has 3 aromatic carbocycles. The molecule has 0 bridgehead atoms. The van der Waals surface area contributed by atoms with Gasteiger partial charge in [-0.2, -0.15) is 10.2 Å². The van der Waals surface area contributed by atoms with Crippen LogP contribution in [0.2, 0.25) is 0 Å². The summed E-state index contributed by atoms with van der Waals surface area (Å²) in [7, 11) is 0. The summed E-state index contributed by atoms with van der Waals surface area (Å²) in [6.07, 6.45) is 2.66. The highest BCUT2D eigenvalue weighted by Gasteiger charge is 2.29. The Morgan fingerprint density at radius 1 is 1.00 bits per heavy atom. The van der Waals surface area contributed by atoms with E-state index < -0.39 is 0 Å². The highest BCUT2D eigenvalue weighted by atomic mass is 16.3. The molecule has 6 heteroatoms. The molecule has 0 spiro atoms. The molecule has 0 amide bonds. The predicted molar refractivity (Wildman–Crippen MR) is 129 cm³/mol. The van der Waals surface area contributed by atoms with E-state index in [-0.39, 0.29) is 11.8 Å². The summed E-state index contributed by atoms with van der Waals surface area (Å²) in [5.74, 6) is 0.953. The second-order valence-corrected chi connectivity index (χ2v) is 8.33. The summed E-state index contributed by atoms with van der Waals surface area (Å²) >= 11 is 0. The van der Waals surface area contributed by atoms with E-state index in [0.29, 0.717) is 6.42 Å². The molecular formula is C27H22N4O2. The van der Waals surface area contributed by atoms with Crippen molar-refractivity contribution >= 4 is 16.7 Å². The van der Waals surface area contributed by atoms with Gasteiger partial charge in [0.05, 0.1) is 17.4 Å². The number of phenols is 1. The van der Waals surface area contributed by atoms with E-state index >= 15 is 0 Å². The largest absolute Gasteiger partial charge is 0.507 e. The number of hydrogen-bond donors (Lipinski definition) is 2. The third kappa shape index (κ3) is 3.46. The van der Waals surface area contributed by atoms with E-state index in [1.807, 2.05) is 90.6 Å². The zero-order valence-corrected chi connectivity index (χ0v) is 18.1. The molecule has 2 N–H and O–H groups in total. The molecule has 0 saturated heterocycles. The monoisotopic (exact) mass is 434 g/mol.